The molecule has 0 saturated carbocycles. The predicted octanol–water partition coefficient (Wildman–Crippen LogP) is 4.99. The summed E-state index contributed by atoms with van der Waals surface area (Å²) in [4.78, 5) is 12.0. The summed E-state index contributed by atoms with van der Waals surface area (Å²) in [5, 5.41) is 14.4. The number of rotatable bonds is 4. The molecule has 2 aromatic carbocycles. The highest BCUT2D eigenvalue weighted by Gasteiger charge is 2.72. The summed E-state index contributed by atoms with van der Waals surface area (Å²) in [6.45, 7) is 3.47. The molecule has 0 unspecified atom stereocenters. The number of benzene rings is 2. The van der Waals surface area contributed by atoms with Crippen LogP contribution in [0.5, 0.6) is 0 Å². The van der Waals surface area contributed by atoms with E-state index in [1.165, 1.54) is 12.1 Å². The lowest BCUT2D eigenvalue weighted by Crippen LogP contribution is -2.54. The summed E-state index contributed by atoms with van der Waals surface area (Å²) in [6, 6.07) is 5.01. The number of alkyl halides is 6. The molecular formula is C18H18F6N2O2. The molecule has 0 radical (unpaired) electrons. The minimum absolute atomic E-state index is 0.0592. The average molecular weight is 408 g/mol. The Balaban J connectivity index is 2.81. The first-order chi connectivity index (χ1) is 12.8. The van der Waals surface area contributed by atoms with Crippen molar-refractivity contribution in [1.82, 2.24) is 5.32 Å². The molecule has 0 spiro atoms. The quantitative estimate of drug-likeness (QED) is 0.624. The van der Waals surface area contributed by atoms with Crippen LogP contribution in [0.25, 0.3) is 10.8 Å². The second-order valence-corrected chi connectivity index (χ2v) is 6.30. The maximum absolute atomic E-state index is 13.4. The number of hydrogen-bond donors (Lipinski definition) is 3. The third kappa shape index (κ3) is 3.87. The zero-order valence-corrected chi connectivity index (χ0v) is 14.9. The number of aryl methyl sites for hydroxylation is 1. The second kappa shape index (κ2) is 7.50. The Hall–Kier alpha value is -2.49. The number of carbonyl (C=O) groups excluding carboxylic acids is 1. The molecule has 2 aromatic rings. The van der Waals surface area contributed by atoms with E-state index in [1.807, 2.05) is 0 Å². The average Bonchev–Trinajstić information content (AvgIpc) is 2.57. The van der Waals surface area contributed by atoms with Crippen LogP contribution < -0.4 is 10.6 Å². The molecule has 28 heavy (non-hydrogen) atoms. The summed E-state index contributed by atoms with van der Waals surface area (Å²) in [7, 11) is 0. The molecule has 0 bridgehead atoms. The van der Waals surface area contributed by atoms with Crippen molar-refractivity contribution in [3.05, 3.63) is 41.5 Å². The molecule has 154 valence electrons. The number of carbonyl (C=O) groups is 1. The first kappa shape index (κ1) is 21.8. The van der Waals surface area contributed by atoms with E-state index >= 15 is 0 Å². The fourth-order valence-corrected chi connectivity index (χ4v) is 2.73. The molecular weight excluding hydrogens is 390 g/mol. The maximum Gasteiger partial charge on any atom is 0.430 e. The third-order valence-electron chi connectivity index (χ3n) is 4.16. The van der Waals surface area contributed by atoms with Gasteiger partial charge in [0.05, 0.1) is 5.69 Å². The lowest BCUT2D eigenvalue weighted by atomic mass is 9.88. The topological polar surface area (TPSA) is 61.4 Å². The van der Waals surface area contributed by atoms with Gasteiger partial charge >= 0.3 is 18.4 Å². The Morgan fingerprint density at radius 2 is 1.61 bits per heavy atom. The van der Waals surface area contributed by atoms with Crippen LogP contribution >= 0.6 is 0 Å². The summed E-state index contributed by atoms with van der Waals surface area (Å²) in [5.74, 6) is 0. The first-order valence-electron chi connectivity index (χ1n) is 8.27. The normalized spacial score (nSPS) is 12.9. The van der Waals surface area contributed by atoms with Gasteiger partial charge in [-0.05, 0) is 24.8 Å². The lowest BCUT2D eigenvalue weighted by Gasteiger charge is -2.34. The van der Waals surface area contributed by atoms with Crippen molar-refractivity contribution in [2.24, 2.45) is 0 Å². The van der Waals surface area contributed by atoms with E-state index in [4.69, 9.17) is 0 Å². The molecule has 4 nitrogen and oxygen atoms in total. The van der Waals surface area contributed by atoms with Crippen LogP contribution in [0.4, 0.5) is 36.8 Å². The zero-order valence-electron chi connectivity index (χ0n) is 14.9. The first-order valence-corrected chi connectivity index (χ1v) is 8.27. The van der Waals surface area contributed by atoms with Crippen LogP contribution in [0.2, 0.25) is 0 Å². The van der Waals surface area contributed by atoms with Gasteiger partial charge in [-0.3, -0.25) is 0 Å². The maximum atomic E-state index is 13.4. The molecule has 2 rings (SSSR count). The molecule has 0 aliphatic rings. The van der Waals surface area contributed by atoms with Crippen LogP contribution in [-0.2, 0) is 5.60 Å². The van der Waals surface area contributed by atoms with Crippen LogP contribution in [0, 0.1) is 6.92 Å². The Kier molecular flexibility index (Phi) is 5.84. The van der Waals surface area contributed by atoms with Gasteiger partial charge in [0.25, 0.3) is 5.60 Å². The van der Waals surface area contributed by atoms with E-state index in [2.05, 4.69) is 10.6 Å². The fourth-order valence-electron chi connectivity index (χ4n) is 2.73. The number of aliphatic hydroxyl groups is 1. The van der Waals surface area contributed by atoms with Gasteiger partial charge < -0.3 is 15.7 Å². The molecule has 2 amide bonds. The number of anilines is 1. The van der Waals surface area contributed by atoms with Gasteiger partial charge in [0.1, 0.15) is 0 Å². The van der Waals surface area contributed by atoms with E-state index in [0.29, 0.717) is 23.4 Å². The minimum Gasteiger partial charge on any atom is -0.369 e. The Morgan fingerprint density at radius 3 is 2.14 bits per heavy atom. The van der Waals surface area contributed by atoms with Crippen LogP contribution in [0.1, 0.15) is 24.5 Å². The van der Waals surface area contributed by atoms with Crippen molar-refractivity contribution in [3.8, 4) is 0 Å². The summed E-state index contributed by atoms with van der Waals surface area (Å²) >= 11 is 0. The summed E-state index contributed by atoms with van der Waals surface area (Å²) < 4.78 is 80.3. The highest BCUT2D eigenvalue weighted by Crippen LogP contribution is 2.53. The lowest BCUT2D eigenvalue weighted by molar-refractivity contribution is -0.375. The molecule has 0 atom stereocenters. The molecule has 10 heteroatoms. The van der Waals surface area contributed by atoms with Crippen molar-refractivity contribution in [2.75, 3.05) is 11.9 Å². The molecule has 0 heterocycles. The van der Waals surface area contributed by atoms with Gasteiger partial charge in [-0.2, -0.15) is 26.3 Å². The van der Waals surface area contributed by atoms with Crippen molar-refractivity contribution in [3.63, 3.8) is 0 Å². The van der Waals surface area contributed by atoms with Crippen LogP contribution in [0.3, 0.4) is 0 Å². The molecule has 0 aromatic heterocycles. The number of halogens is 6. The van der Waals surface area contributed by atoms with Gasteiger partial charge in [-0.1, -0.05) is 36.8 Å². The number of fused-ring (bicyclic) bond motifs is 1. The number of hydrogen-bond acceptors (Lipinski definition) is 2. The highest BCUT2D eigenvalue weighted by molar-refractivity contribution is 6.03. The van der Waals surface area contributed by atoms with Gasteiger partial charge in [0.2, 0.25) is 0 Å². The molecule has 0 aliphatic carbocycles. The predicted molar refractivity (Wildman–Crippen MR) is 92.0 cm³/mol. The summed E-state index contributed by atoms with van der Waals surface area (Å²) in [6.07, 6.45) is -11.6. The smallest absolute Gasteiger partial charge is 0.369 e. The minimum atomic E-state index is -6.07. The van der Waals surface area contributed by atoms with Crippen LogP contribution in [0.15, 0.2) is 30.3 Å². The van der Waals surface area contributed by atoms with Gasteiger partial charge in [-0.25, -0.2) is 4.79 Å². The van der Waals surface area contributed by atoms with E-state index in [-0.39, 0.29) is 11.9 Å². The standard InChI is InChI=1S/C18H18F6N2O2/c1-3-8-25-15(27)26-14-12-9-10(2)4-5-11(12)6-7-13(14)16(28,17(19,20)21)18(22,23)24/h4-7,9,28H,3,8H2,1-2H3,(H2,25,26,27). The zero-order chi connectivity index (χ0) is 21.3. The summed E-state index contributed by atoms with van der Waals surface area (Å²) in [5.41, 5.74) is -6.88. The SMILES string of the molecule is CCCNC(=O)Nc1c(C(O)(C(F)(F)F)C(F)(F)F)ccc2ccc(C)cc12. The monoisotopic (exact) mass is 408 g/mol. The van der Waals surface area contributed by atoms with Crippen LogP contribution in [-0.4, -0.2) is 30.0 Å². The molecule has 0 fully saturated rings. The van der Waals surface area contributed by atoms with Gasteiger partial charge in [-0.15, -0.1) is 0 Å². The largest absolute Gasteiger partial charge is 0.430 e. The van der Waals surface area contributed by atoms with Crippen molar-refractivity contribution < 1.29 is 36.2 Å². The highest BCUT2D eigenvalue weighted by atomic mass is 19.4. The Bertz CT molecular complexity index is 863. The Labute approximate surface area is 156 Å². The molecule has 3 N–H and O–H groups in total. The number of urea groups is 1. The number of nitrogens with one attached hydrogen (secondary N) is 2. The van der Waals surface area contributed by atoms with E-state index in [9.17, 15) is 36.2 Å². The second-order valence-electron chi connectivity index (χ2n) is 6.30. The molecule has 0 aliphatic heterocycles. The Morgan fingerprint density at radius 1 is 1.04 bits per heavy atom. The van der Waals surface area contributed by atoms with E-state index < -0.39 is 35.2 Å². The van der Waals surface area contributed by atoms with E-state index in [1.54, 1.807) is 19.9 Å². The fraction of sp³-hybridized carbons (Fsp3) is 0.389. The van der Waals surface area contributed by atoms with Crippen molar-refractivity contribution in [2.45, 2.75) is 38.2 Å². The van der Waals surface area contributed by atoms with Crippen molar-refractivity contribution in [1.29, 1.82) is 0 Å². The third-order valence-corrected chi connectivity index (χ3v) is 4.16. The van der Waals surface area contributed by atoms with E-state index in [0.717, 1.165) is 6.07 Å². The van der Waals surface area contributed by atoms with Crippen molar-refractivity contribution >= 4 is 22.5 Å². The molecule has 0 saturated heterocycles. The van der Waals surface area contributed by atoms with Gasteiger partial charge in [0.15, 0.2) is 0 Å². The number of amides is 2. The van der Waals surface area contributed by atoms with Gasteiger partial charge in [0, 0.05) is 17.5 Å².